The van der Waals surface area contributed by atoms with Gasteiger partial charge in [0.25, 0.3) is 5.91 Å². The number of imide groups is 1. The largest absolute Gasteiger partial charge is 0.443 e. The maximum atomic E-state index is 14.4. The number of anilines is 1. The van der Waals surface area contributed by atoms with Crippen molar-refractivity contribution in [2.24, 2.45) is 0 Å². The Balaban J connectivity index is 2.30. The lowest BCUT2D eigenvalue weighted by Gasteiger charge is -2.26. The van der Waals surface area contributed by atoms with Crippen molar-refractivity contribution < 1.29 is 41.4 Å². The molecule has 2 aromatic carbocycles. The van der Waals surface area contributed by atoms with Gasteiger partial charge in [0.15, 0.2) is 23.3 Å². The Morgan fingerprint density at radius 1 is 0.966 bits per heavy atom. The van der Waals surface area contributed by atoms with Crippen LogP contribution >= 0.6 is 0 Å². The van der Waals surface area contributed by atoms with E-state index in [1.165, 1.54) is 32.9 Å². The van der Waals surface area contributed by atoms with E-state index in [2.05, 4.69) is 0 Å². The molecule has 154 valence electrons. The Kier molecular flexibility index (Phi) is 4.65. The minimum absolute atomic E-state index is 0.290. The lowest BCUT2D eigenvalue weighted by Crippen LogP contribution is -2.46. The van der Waals surface area contributed by atoms with Gasteiger partial charge in [-0.05, 0) is 26.8 Å². The van der Waals surface area contributed by atoms with Gasteiger partial charge in [0, 0.05) is 5.56 Å². The zero-order chi connectivity index (χ0) is 21.9. The van der Waals surface area contributed by atoms with Crippen LogP contribution in [0.4, 0.5) is 32.4 Å². The van der Waals surface area contributed by atoms with Crippen molar-refractivity contribution in [2.45, 2.75) is 32.0 Å². The van der Waals surface area contributed by atoms with Gasteiger partial charge in [-0.2, -0.15) is 0 Å². The molecule has 0 aliphatic carbocycles. The summed E-state index contributed by atoms with van der Waals surface area (Å²) in [6, 6.07) is 4.77. The van der Waals surface area contributed by atoms with E-state index in [1.807, 2.05) is 0 Å². The highest BCUT2D eigenvalue weighted by Gasteiger charge is 2.57. The van der Waals surface area contributed by atoms with Crippen LogP contribution in [0.5, 0.6) is 0 Å². The van der Waals surface area contributed by atoms with Gasteiger partial charge in [-0.3, -0.25) is 4.79 Å². The fourth-order valence-electron chi connectivity index (χ4n) is 3.01. The topological polar surface area (TPSA) is 66.8 Å². The SMILES string of the molecule is CC(C)(C)OC(=O)N1C(=O)[C@@](O)(c2c(F)c(F)c(F)c(F)c2F)c2ccccc21. The van der Waals surface area contributed by atoms with Crippen molar-refractivity contribution in [3.05, 3.63) is 64.5 Å². The summed E-state index contributed by atoms with van der Waals surface area (Å²) in [6.45, 7) is 4.44. The first-order chi connectivity index (χ1) is 13.3. The van der Waals surface area contributed by atoms with Gasteiger partial charge in [0.05, 0.1) is 11.3 Å². The van der Waals surface area contributed by atoms with Crippen LogP contribution in [0.3, 0.4) is 0 Å². The van der Waals surface area contributed by atoms with Gasteiger partial charge in [0.2, 0.25) is 11.4 Å². The van der Waals surface area contributed by atoms with Crippen molar-refractivity contribution in [1.82, 2.24) is 0 Å². The molecule has 1 aliphatic rings. The summed E-state index contributed by atoms with van der Waals surface area (Å²) in [6.07, 6.45) is -1.30. The van der Waals surface area contributed by atoms with Crippen LogP contribution in [0.25, 0.3) is 0 Å². The number of fused-ring (bicyclic) bond motifs is 1. The molecule has 3 rings (SSSR count). The zero-order valence-corrected chi connectivity index (χ0v) is 15.3. The first-order valence-electron chi connectivity index (χ1n) is 8.23. The molecule has 0 fully saturated rings. The molecule has 29 heavy (non-hydrogen) atoms. The van der Waals surface area contributed by atoms with E-state index < -0.39 is 63.4 Å². The van der Waals surface area contributed by atoms with Crippen LogP contribution in [0.2, 0.25) is 0 Å². The maximum Gasteiger partial charge on any atom is 0.421 e. The van der Waals surface area contributed by atoms with Gasteiger partial charge in [-0.1, -0.05) is 18.2 Å². The quantitative estimate of drug-likeness (QED) is 0.436. The predicted octanol–water partition coefficient (Wildman–Crippen LogP) is 3.90. The lowest BCUT2D eigenvalue weighted by atomic mass is 9.86. The molecule has 1 heterocycles. The molecule has 1 N–H and O–H groups in total. The number of aliphatic hydroxyl groups is 1. The fraction of sp³-hybridized carbons (Fsp3) is 0.263. The van der Waals surface area contributed by atoms with E-state index in [0.717, 1.165) is 12.1 Å². The Bertz CT molecular complexity index is 1020. The average molecular weight is 415 g/mol. The molecule has 0 aromatic heterocycles. The highest BCUT2D eigenvalue weighted by molar-refractivity contribution is 6.21. The number of benzene rings is 2. The van der Waals surface area contributed by atoms with Crippen molar-refractivity contribution in [1.29, 1.82) is 0 Å². The minimum Gasteiger partial charge on any atom is -0.443 e. The molecule has 0 unspecified atom stereocenters. The third kappa shape index (κ3) is 2.94. The summed E-state index contributed by atoms with van der Waals surface area (Å²) in [4.78, 5) is 25.7. The highest BCUT2D eigenvalue weighted by atomic mass is 19.2. The van der Waals surface area contributed by atoms with Crippen LogP contribution < -0.4 is 4.90 Å². The minimum atomic E-state index is -3.35. The van der Waals surface area contributed by atoms with Gasteiger partial charge < -0.3 is 9.84 Å². The second kappa shape index (κ2) is 6.51. The molecular weight excluding hydrogens is 401 g/mol. The van der Waals surface area contributed by atoms with Crippen molar-refractivity contribution in [3.63, 3.8) is 0 Å². The van der Waals surface area contributed by atoms with E-state index in [9.17, 15) is 36.6 Å². The third-order valence-electron chi connectivity index (χ3n) is 4.20. The third-order valence-corrected chi connectivity index (χ3v) is 4.20. The Labute approximate surface area is 161 Å². The molecule has 1 atom stereocenters. The number of para-hydroxylation sites is 1. The van der Waals surface area contributed by atoms with Crippen LogP contribution in [-0.2, 0) is 15.1 Å². The van der Waals surface area contributed by atoms with Gasteiger partial charge in [-0.25, -0.2) is 31.6 Å². The first-order valence-corrected chi connectivity index (χ1v) is 8.23. The van der Waals surface area contributed by atoms with Gasteiger partial charge in [0.1, 0.15) is 5.60 Å². The molecule has 5 nitrogen and oxygen atoms in total. The number of ether oxygens (including phenoxy) is 1. The zero-order valence-electron chi connectivity index (χ0n) is 15.3. The summed E-state index contributed by atoms with van der Waals surface area (Å²) in [5.41, 5.74) is -7.08. The summed E-state index contributed by atoms with van der Waals surface area (Å²) < 4.78 is 74.7. The van der Waals surface area contributed by atoms with Crippen LogP contribution in [0, 0.1) is 29.1 Å². The molecule has 0 saturated carbocycles. The number of carbonyl (C=O) groups excluding carboxylic acids is 2. The molecule has 1 aliphatic heterocycles. The summed E-state index contributed by atoms with van der Waals surface area (Å²) in [5, 5.41) is 11.0. The molecule has 0 bridgehead atoms. The van der Waals surface area contributed by atoms with E-state index in [1.54, 1.807) is 0 Å². The number of halogens is 5. The molecular formula is C19H14F5NO4. The molecule has 2 aromatic rings. The molecule has 0 saturated heterocycles. The van der Waals surface area contributed by atoms with Crippen LogP contribution in [-0.4, -0.2) is 22.7 Å². The highest BCUT2D eigenvalue weighted by Crippen LogP contribution is 2.47. The molecule has 10 heteroatoms. The Morgan fingerprint density at radius 2 is 1.45 bits per heavy atom. The molecule has 0 spiro atoms. The first kappa shape index (κ1) is 20.7. The lowest BCUT2D eigenvalue weighted by molar-refractivity contribution is -0.132. The van der Waals surface area contributed by atoms with E-state index >= 15 is 0 Å². The number of hydrogen-bond acceptors (Lipinski definition) is 4. The van der Waals surface area contributed by atoms with Crippen LogP contribution in [0.1, 0.15) is 31.9 Å². The number of hydrogen-bond donors (Lipinski definition) is 1. The monoisotopic (exact) mass is 415 g/mol. The van der Waals surface area contributed by atoms with Crippen LogP contribution in [0.15, 0.2) is 24.3 Å². The number of nitrogens with zero attached hydrogens (tertiary/aromatic N) is 1. The maximum absolute atomic E-state index is 14.4. The second-order valence-electron chi connectivity index (χ2n) is 7.29. The summed E-state index contributed by atoms with van der Waals surface area (Å²) in [5.74, 6) is -13.6. The smallest absolute Gasteiger partial charge is 0.421 e. The van der Waals surface area contributed by atoms with Crippen molar-refractivity contribution in [2.75, 3.05) is 4.90 Å². The van der Waals surface area contributed by atoms with Gasteiger partial charge in [-0.15, -0.1) is 0 Å². The van der Waals surface area contributed by atoms with E-state index in [0.29, 0.717) is 4.90 Å². The normalized spacial score (nSPS) is 18.8. The van der Waals surface area contributed by atoms with Gasteiger partial charge >= 0.3 is 6.09 Å². The van der Waals surface area contributed by atoms with Crippen molar-refractivity contribution >= 4 is 17.7 Å². The standard InChI is InChI=1S/C19H14F5NO4/c1-18(2,3)29-17(27)25-9-7-5-4-6-8(9)19(28,16(25)26)10-11(20)13(22)15(24)14(23)12(10)21/h4-7,28H,1-3H3/t19-/m0/s1. The Hall–Kier alpha value is -3.01. The fourth-order valence-corrected chi connectivity index (χ4v) is 3.01. The average Bonchev–Trinajstić information content (AvgIpc) is 2.85. The predicted molar refractivity (Wildman–Crippen MR) is 89.4 cm³/mol. The molecule has 0 radical (unpaired) electrons. The number of carbonyl (C=O) groups is 2. The van der Waals surface area contributed by atoms with E-state index in [4.69, 9.17) is 4.74 Å². The second-order valence-corrected chi connectivity index (χ2v) is 7.29. The summed E-state index contributed by atoms with van der Waals surface area (Å²) in [7, 11) is 0. The Morgan fingerprint density at radius 3 is 1.97 bits per heavy atom. The summed E-state index contributed by atoms with van der Waals surface area (Å²) >= 11 is 0. The van der Waals surface area contributed by atoms with Crippen molar-refractivity contribution in [3.8, 4) is 0 Å². The van der Waals surface area contributed by atoms with E-state index in [-0.39, 0.29) is 5.69 Å². The molecule has 2 amide bonds. The number of amides is 2. The number of rotatable bonds is 1.